The van der Waals surface area contributed by atoms with Gasteiger partial charge in [0.25, 0.3) is 0 Å². The lowest BCUT2D eigenvalue weighted by Gasteiger charge is -2.22. The van der Waals surface area contributed by atoms with Gasteiger partial charge in [-0.25, -0.2) is 0 Å². The van der Waals surface area contributed by atoms with Crippen LogP contribution in [-0.2, 0) is 0 Å². The van der Waals surface area contributed by atoms with Crippen LogP contribution in [0.2, 0.25) is 0 Å². The molecule has 0 spiro atoms. The third-order valence-electron chi connectivity index (χ3n) is 2.89. The summed E-state index contributed by atoms with van der Waals surface area (Å²) in [4.78, 5) is 2.23. The summed E-state index contributed by atoms with van der Waals surface area (Å²) in [5, 5.41) is 3.23. The van der Waals surface area contributed by atoms with Crippen LogP contribution >= 0.6 is 0 Å². The molecule has 2 nitrogen and oxygen atoms in total. The van der Waals surface area contributed by atoms with Gasteiger partial charge < -0.3 is 10.2 Å². The fraction of sp³-hybridized carbons (Fsp3) is 0.333. The maximum absolute atomic E-state index is 3.78. The van der Waals surface area contributed by atoms with Crippen LogP contribution in [0.5, 0.6) is 0 Å². The highest BCUT2D eigenvalue weighted by atomic mass is 15.1. The van der Waals surface area contributed by atoms with Gasteiger partial charge in [-0.05, 0) is 31.7 Å². The number of nitrogens with one attached hydrogen (secondary N) is 1. The Morgan fingerprint density at radius 2 is 1.71 bits per heavy atom. The Kier molecular flexibility index (Phi) is 5.50. The standard InChI is InChI=1S/C15H22N2/c1-5-11-17(12-6-2)15-9-7-14(8-10-15)13(3)16-4/h5-10,13,16H,1-2,11-12H2,3-4H3. The second kappa shape index (κ2) is 6.92. The number of hydrogen-bond donors (Lipinski definition) is 1. The molecule has 0 aromatic heterocycles. The molecule has 1 N–H and O–H groups in total. The lowest BCUT2D eigenvalue weighted by atomic mass is 10.1. The molecule has 0 radical (unpaired) electrons. The van der Waals surface area contributed by atoms with E-state index in [-0.39, 0.29) is 0 Å². The maximum Gasteiger partial charge on any atom is 0.0372 e. The van der Waals surface area contributed by atoms with E-state index in [2.05, 4.69) is 54.6 Å². The average Bonchev–Trinajstić information content (AvgIpc) is 2.38. The molecular formula is C15H22N2. The highest BCUT2D eigenvalue weighted by Crippen LogP contribution is 2.18. The molecule has 0 aliphatic rings. The second-order valence-electron chi connectivity index (χ2n) is 4.08. The van der Waals surface area contributed by atoms with Gasteiger partial charge >= 0.3 is 0 Å². The van der Waals surface area contributed by atoms with Crippen molar-refractivity contribution in [2.45, 2.75) is 13.0 Å². The van der Waals surface area contributed by atoms with Crippen LogP contribution in [0.25, 0.3) is 0 Å². The average molecular weight is 230 g/mol. The molecule has 1 atom stereocenters. The third kappa shape index (κ3) is 3.75. The summed E-state index contributed by atoms with van der Waals surface area (Å²) in [6.07, 6.45) is 3.82. The zero-order valence-electron chi connectivity index (χ0n) is 10.8. The van der Waals surface area contributed by atoms with E-state index in [4.69, 9.17) is 0 Å². The molecule has 0 heterocycles. The largest absolute Gasteiger partial charge is 0.364 e. The minimum absolute atomic E-state index is 0.385. The van der Waals surface area contributed by atoms with E-state index in [1.165, 1.54) is 11.3 Å². The summed E-state index contributed by atoms with van der Waals surface area (Å²) in [6, 6.07) is 9.01. The van der Waals surface area contributed by atoms with Crippen molar-refractivity contribution in [1.82, 2.24) is 5.32 Å². The van der Waals surface area contributed by atoms with Crippen LogP contribution in [-0.4, -0.2) is 20.1 Å². The molecule has 0 fully saturated rings. The number of benzene rings is 1. The van der Waals surface area contributed by atoms with Crippen molar-refractivity contribution in [1.29, 1.82) is 0 Å². The summed E-state index contributed by atoms with van der Waals surface area (Å²) in [5.74, 6) is 0. The molecule has 17 heavy (non-hydrogen) atoms. The van der Waals surface area contributed by atoms with Crippen molar-refractivity contribution in [3.05, 3.63) is 55.1 Å². The zero-order valence-corrected chi connectivity index (χ0v) is 10.8. The Morgan fingerprint density at radius 1 is 1.18 bits per heavy atom. The van der Waals surface area contributed by atoms with Crippen molar-refractivity contribution in [2.75, 3.05) is 25.0 Å². The number of anilines is 1. The summed E-state index contributed by atoms with van der Waals surface area (Å²) in [5.41, 5.74) is 2.50. The number of hydrogen-bond acceptors (Lipinski definition) is 2. The van der Waals surface area contributed by atoms with Crippen molar-refractivity contribution in [2.24, 2.45) is 0 Å². The van der Waals surface area contributed by atoms with Crippen molar-refractivity contribution < 1.29 is 0 Å². The minimum atomic E-state index is 0.385. The lowest BCUT2D eigenvalue weighted by molar-refractivity contribution is 0.652. The molecule has 1 rings (SSSR count). The Labute approximate surface area is 105 Å². The SMILES string of the molecule is C=CCN(CC=C)c1ccc(C(C)NC)cc1. The van der Waals surface area contributed by atoms with Crippen molar-refractivity contribution in [3.8, 4) is 0 Å². The molecule has 0 aliphatic carbocycles. The summed E-state index contributed by atoms with van der Waals surface area (Å²) >= 11 is 0. The smallest absolute Gasteiger partial charge is 0.0372 e. The van der Waals surface area contributed by atoms with E-state index in [9.17, 15) is 0 Å². The summed E-state index contributed by atoms with van der Waals surface area (Å²) in [7, 11) is 1.97. The first kappa shape index (κ1) is 13.5. The van der Waals surface area contributed by atoms with Crippen LogP contribution in [0.1, 0.15) is 18.5 Å². The van der Waals surface area contributed by atoms with E-state index >= 15 is 0 Å². The Bertz CT molecular complexity index is 344. The van der Waals surface area contributed by atoms with E-state index in [0.29, 0.717) is 6.04 Å². The van der Waals surface area contributed by atoms with Gasteiger partial charge in [0.2, 0.25) is 0 Å². The van der Waals surface area contributed by atoms with Crippen LogP contribution in [0.3, 0.4) is 0 Å². The first-order valence-electron chi connectivity index (χ1n) is 5.97. The van der Waals surface area contributed by atoms with E-state index < -0.39 is 0 Å². The van der Waals surface area contributed by atoms with Crippen molar-refractivity contribution >= 4 is 5.69 Å². The van der Waals surface area contributed by atoms with Crippen LogP contribution in [0.4, 0.5) is 5.69 Å². The first-order valence-corrected chi connectivity index (χ1v) is 5.97. The summed E-state index contributed by atoms with van der Waals surface area (Å²) < 4.78 is 0. The molecule has 1 unspecified atom stereocenters. The van der Waals surface area contributed by atoms with E-state index in [1.54, 1.807) is 0 Å². The van der Waals surface area contributed by atoms with Gasteiger partial charge in [-0.3, -0.25) is 0 Å². The Hall–Kier alpha value is -1.54. The van der Waals surface area contributed by atoms with E-state index in [1.807, 2.05) is 19.2 Å². The fourth-order valence-electron chi connectivity index (χ4n) is 1.74. The molecular weight excluding hydrogens is 208 g/mol. The Morgan fingerprint density at radius 3 is 2.12 bits per heavy atom. The van der Waals surface area contributed by atoms with Gasteiger partial charge in [-0.2, -0.15) is 0 Å². The molecule has 1 aromatic rings. The lowest BCUT2D eigenvalue weighted by Crippen LogP contribution is -2.23. The highest BCUT2D eigenvalue weighted by molar-refractivity contribution is 5.49. The third-order valence-corrected chi connectivity index (χ3v) is 2.89. The molecule has 0 amide bonds. The monoisotopic (exact) mass is 230 g/mol. The van der Waals surface area contributed by atoms with Gasteiger partial charge in [0, 0.05) is 24.8 Å². The predicted octanol–water partition coefficient (Wildman–Crippen LogP) is 3.15. The zero-order chi connectivity index (χ0) is 12.7. The molecule has 0 bridgehead atoms. The fourth-order valence-corrected chi connectivity index (χ4v) is 1.74. The second-order valence-corrected chi connectivity index (χ2v) is 4.08. The number of rotatable bonds is 7. The van der Waals surface area contributed by atoms with Crippen molar-refractivity contribution in [3.63, 3.8) is 0 Å². The molecule has 92 valence electrons. The van der Waals surface area contributed by atoms with Gasteiger partial charge in [-0.1, -0.05) is 24.3 Å². The van der Waals surface area contributed by atoms with Gasteiger partial charge in [0.1, 0.15) is 0 Å². The van der Waals surface area contributed by atoms with Gasteiger partial charge in [0.05, 0.1) is 0 Å². The van der Waals surface area contributed by atoms with Crippen LogP contribution in [0, 0.1) is 0 Å². The molecule has 2 heteroatoms. The maximum atomic E-state index is 3.78. The van der Waals surface area contributed by atoms with Crippen LogP contribution in [0.15, 0.2) is 49.6 Å². The molecule has 0 saturated carbocycles. The highest BCUT2D eigenvalue weighted by Gasteiger charge is 2.05. The van der Waals surface area contributed by atoms with Crippen LogP contribution < -0.4 is 10.2 Å². The number of nitrogens with zero attached hydrogens (tertiary/aromatic N) is 1. The summed E-state index contributed by atoms with van der Waals surface area (Å²) in [6.45, 7) is 11.4. The minimum Gasteiger partial charge on any atom is -0.364 e. The van der Waals surface area contributed by atoms with Gasteiger partial charge in [-0.15, -0.1) is 13.2 Å². The predicted molar refractivity (Wildman–Crippen MR) is 76.5 cm³/mol. The first-order chi connectivity index (χ1) is 8.22. The molecule has 1 aromatic carbocycles. The molecule has 0 aliphatic heterocycles. The molecule has 0 saturated heterocycles. The normalized spacial score (nSPS) is 11.9. The Balaban J connectivity index is 2.83. The topological polar surface area (TPSA) is 15.3 Å². The van der Waals surface area contributed by atoms with Gasteiger partial charge in [0.15, 0.2) is 0 Å². The van der Waals surface area contributed by atoms with E-state index in [0.717, 1.165) is 13.1 Å². The quantitative estimate of drug-likeness (QED) is 0.724.